The zero-order valence-electron chi connectivity index (χ0n) is 7.69. The quantitative estimate of drug-likeness (QED) is 0.412. The molecule has 0 saturated heterocycles. The van der Waals surface area contributed by atoms with Gasteiger partial charge in [0.15, 0.2) is 5.16 Å². The maximum Gasteiger partial charge on any atom is 0.273 e. The number of rotatable bonds is 4. The molecule has 13 heavy (non-hydrogen) atoms. The van der Waals surface area contributed by atoms with Crippen LogP contribution < -0.4 is 5.56 Å². The minimum Gasteiger partial charge on any atom is -0.374 e. The lowest BCUT2D eigenvalue weighted by atomic mass is 10.6. The SMILES string of the molecule is CCn1ccc(=O)nc1SCOC. The Hall–Kier alpha value is -0.810. The van der Waals surface area contributed by atoms with Crippen molar-refractivity contribution in [1.29, 1.82) is 0 Å². The molecule has 0 spiro atoms. The number of aryl methyl sites for hydroxylation is 1. The first-order valence-electron chi connectivity index (χ1n) is 3.97. The number of aromatic nitrogens is 2. The Morgan fingerprint density at radius 3 is 3.08 bits per heavy atom. The van der Waals surface area contributed by atoms with Crippen LogP contribution in [0.1, 0.15) is 6.92 Å². The summed E-state index contributed by atoms with van der Waals surface area (Å²) in [5.41, 5.74) is -0.205. The van der Waals surface area contributed by atoms with E-state index in [1.165, 1.54) is 17.8 Å². The van der Waals surface area contributed by atoms with Gasteiger partial charge in [0.05, 0.1) is 5.94 Å². The van der Waals surface area contributed by atoms with E-state index in [-0.39, 0.29) is 5.56 Å². The standard InChI is InChI=1S/C8H12N2O2S/c1-3-10-5-4-7(11)9-8(10)13-6-12-2/h4-5H,3,6H2,1-2H3. The number of nitrogens with zero attached hydrogens (tertiary/aromatic N) is 2. The Morgan fingerprint density at radius 2 is 2.46 bits per heavy atom. The lowest BCUT2D eigenvalue weighted by Crippen LogP contribution is -2.12. The largest absolute Gasteiger partial charge is 0.374 e. The van der Waals surface area contributed by atoms with Gasteiger partial charge in [0.25, 0.3) is 5.56 Å². The molecule has 1 aromatic heterocycles. The Morgan fingerprint density at radius 1 is 1.69 bits per heavy atom. The fourth-order valence-electron chi connectivity index (χ4n) is 0.881. The van der Waals surface area contributed by atoms with Gasteiger partial charge in [-0.2, -0.15) is 4.98 Å². The highest BCUT2D eigenvalue weighted by molar-refractivity contribution is 7.99. The summed E-state index contributed by atoms with van der Waals surface area (Å²) in [5, 5.41) is 0.705. The van der Waals surface area contributed by atoms with Crippen molar-refractivity contribution in [2.75, 3.05) is 13.0 Å². The normalized spacial score (nSPS) is 10.3. The predicted octanol–water partition coefficient (Wildman–Crippen LogP) is 0.959. The van der Waals surface area contributed by atoms with E-state index >= 15 is 0 Å². The highest BCUT2D eigenvalue weighted by Crippen LogP contribution is 2.12. The molecule has 0 aromatic carbocycles. The van der Waals surface area contributed by atoms with Gasteiger partial charge in [0.2, 0.25) is 0 Å². The number of methoxy groups -OCH3 is 1. The second-order valence-electron chi connectivity index (χ2n) is 2.39. The second kappa shape index (κ2) is 5.04. The molecule has 0 atom stereocenters. The molecule has 0 aliphatic carbocycles. The molecule has 4 nitrogen and oxygen atoms in total. The average Bonchev–Trinajstić information content (AvgIpc) is 2.15. The van der Waals surface area contributed by atoms with Crippen LogP contribution in [0.15, 0.2) is 22.2 Å². The summed E-state index contributed by atoms with van der Waals surface area (Å²) >= 11 is 1.42. The van der Waals surface area contributed by atoms with Gasteiger partial charge in [-0.15, -0.1) is 0 Å². The van der Waals surface area contributed by atoms with E-state index in [0.717, 1.165) is 6.54 Å². The van der Waals surface area contributed by atoms with Crippen LogP contribution in [0, 0.1) is 0 Å². The molecular formula is C8H12N2O2S. The summed E-state index contributed by atoms with van der Waals surface area (Å²) in [5.74, 6) is 0.510. The molecule has 0 amide bonds. The smallest absolute Gasteiger partial charge is 0.273 e. The number of ether oxygens (including phenoxy) is 1. The van der Waals surface area contributed by atoms with Crippen molar-refractivity contribution in [1.82, 2.24) is 9.55 Å². The van der Waals surface area contributed by atoms with Crippen LogP contribution in [0.2, 0.25) is 0 Å². The molecule has 1 heterocycles. The zero-order chi connectivity index (χ0) is 9.68. The Labute approximate surface area is 80.9 Å². The third-order valence-electron chi connectivity index (χ3n) is 1.50. The van der Waals surface area contributed by atoms with Crippen LogP contribution in [0.5, 0.6) is 0 Å². The third kappa shape index (κ3) is 2.86. The van der Waals surface area contributed by atoms with Crippen molar-refractivity contribution >= 4 is 11.8 Å². The third-order valence-corrected chi connectivity index (χ3v) is 2.43. The summed E-state index contributed by atoms with van der Waals surface area (Å²) in [6, 6.07) is 1.46. The molecule has 0 saturated carbocycles. The first kappa shape index (κ1) is 10.3. The van der Waals surface area contributed by atoms with Crippen LogP contribution >= 0.6 is 11.8 Å². The van der Waals surface area contributed by atoms with Crippen LogP contribution in [0.4, 0.5) is 0 Å². The summed E-state index contributed by atoms with van der Waals surface area (Å²) in [4.78, 5) is 14.8. The van der Waals surface area contributed by atoms with Crippen LogP contribution in [0.3, 0.4) is 0 Å². The van der Waals surface area contributed by atoms with E-state index in [9.17, 15) is 4.79 Å². The molecule has 0 fully saturated rings. The van der Waals surface area contributed by atoms with Gasteiger partial charge in [-0.1, -0.05) is 11.8 Å². The van der Waals surface area contributed by atoms with E-state index < -0.39 is 0 Å². The highest BCUT2D eigenvalue weighted by atomic mass is 32.2. The number of thioether (sulfide) groups is 1. The van der Waals surface area contributed by atoms with E-state index in [4.69, 9.17) is 4.74 Å². The monoisotopic (exact) mass is 200 g/mol. The topological polar surface area (TPSA) is 44.1 Å². The molecule has 0 aliphatic rings. The number of hydrogen-bond donors (Lipinski definition) is 0. The van der Waals surface area contributed by atoms with E-state index in [1.54, 1.807) is 13.3 Å². The first-order chi connectivity index (χ1) is 6.27. The van der Waals surface area contributed by atoms with E-state index in [1.807, 2.05) is 11.5 Å². The highest BCUT2D eigenvalue weighted by Gasteiger charge is 2.00. The van der Waals surface area contributed by atoms with E-state index in [0.29, 0.717) is 11.1 Å². The molecule has 0 N–H and O–H groups in total. The molecule has 0 bridgehead atoms. The fourth-order valence-corrected chi connectivity index (χ4v) is 1.61. The van der Waals surface area contributed by atoms with Gasteiger partial charge < -0.3 is 9.30 Å². The lowest BCUT2D eigenvalue weighted by Gasteiger charge is -2.07. The maximum absolute atomic E-state index is 10.9. The Kier molecular flexibility index (Phi) is 3.98. The van der Waals surface area contributed by atoms with Crippen molar-refractivity contribution in [3.63, 3.8) is 0 Å². The van der Waals surface area contributed by atoms with Crippen LogP contribution in [-0.4, -0.2) is 22.6 Å². The van der Waals surface area contributed by atoms with Crippen LogP contribution in [-0.2, 0) is 11.3 Å². The van der Waals surface area contributed by atoms with Crippen molar-refractivity contribution in [2.24, 2.45) is 0 Å². The number of hydrogen-bond acceptors (Lipinski definition) is 4. The van der Waals surface area contributed by atoms with Gasteiger partial charge >= 0.3 is 0 Å². The summed E-state index contributed by atoms with van der Waals surface area (Å²) in [7, 11) is 1.62. The molecule has 0 unspecified atom stereocenters. The van der Waals surface area contributed by atoms with Gasteiger partial charge in [-0.25, -0.2) is 0 Å². The fraction of sp³-hybridized carbons (Fsp3) is 0.500. The van der Waals surface area contributed by atoms with Gasteiger partial charge in [0, 0.05) is 25.9 Å². The molecule has 72 valence electrons. The zero-order valence-corrected chi connectivity index (χ0v) is 8.50. The minimum absolute atomic E-state index is 0.205. The molecule has 5 heteroatoms. The van der Waals surface area contributed by atoms with Crippen molar-refractivity contribution in [3.8, 4) is 0 Å². The Balaban J connectivity index is 2.88. The van der Waals surface area contributed by atoms with Gasteiger partial charge in [0.1, 0.15) is 0 Å². The molecule has 0 aliphatic heterocycles. The average molecular weight is 200 g/mol. The van der Waals surface area contributed by atoms with Crippen molar-refractivity contribution in [2.45, 2.75) is 18.6 Å². The van der Waals surface area contributed by atoms with Crippen molar-refractivity contribution in [3.05, 3.63) is 22.6 Å². The molecular weight excluding hydrogens is 188 g/mol. The second-order valence-corrected chi connectivity index (χ2v) is 3.27. The lowest BCUT2D eigenvalue weighted by molar-refractivity contribution is 0.258. The predicted molar refractivity (Wildman–Crippen MR) is 51.9 cm³/mol. The first-order valence-corrected chi connectivity index (χ1v) is 4.95. The van der Waals surface area contributed by atoms with Gasteiger partial charge in [-0.3, -0.25) is 4.79 Å². The maximum atomic E-state index is 10.9. The van der Waals surface area contributed by atoms with Crippen LogP contribution in [0.25, 0.3) is 0 Å². The van der Waals surface area contributed by atoms with E-state index in [2.05, 4.69) is 4.98 Å². The molecule has 0 radical (unpaired) electrons. The molecule has 1 aromatic rings. The van der Waals surface area contributed by atoms with Crippen molar-refractivity contribution < 1.29 is 4.74 Å². The summed E-state index contributed by atoms with van der Waals surface area (Å²) in [6.45, 7) is 2.81. The van der Waals surface area contributed by atoms with Gasteiger partial charge in [-0.05, 0) is 6.92 Å². The summed E-state index contributed by atoms with van der Waals surface area (Å²) < 4.78 is 6.80. The Bertz CT molecular complexity index is 324. The summed E-state index contributed by atoms with van der Waals surface area (Å²) in [6.07, 6.45) is 1.74. The molecule has 1 rings (SSSR count). The minimum atomic E-state index is -0.205.